The maximum Gasteiger partial charge on any atom is 0.407 e. The molecule has 1 N–H and O–H groups in total. The minimum Gasteiger partial charge on any atom is -0.478 e. The molecule has 2 rings (SSSR count). The van der Waals surface area contributed by atoms with Crippen molar-refractivity contribution in [2.45, 2.75) is 26.4 Å². The average molecular weight is 331 g/mol. The first kappa shape index (κ1) is 17.8. The number of nitrogens with zero attached hydrogens (tertiary/aromatic N) is 2. The quantitative estimate of drug-likeness (QED) is 0.717. The van der Waals surface area contributed by atoms with E-state index in [-0.39, 0.29) is 6.09 Å². The van der Waals surface area contributed by atoms with Gasteiger partial charge < -0.3 is 14.8 Å². The normalized spacial score (nSPS) is 11.8. The number of aryl methyl sites for hydroxylation is 1. The van der Waals surface area contributed by atoms with Gasteiger partial charge in [-0.15, -0.1) is 0 Å². The van der Waals surface area contributed by atoms with Crippen molar-refractivity contribution < 1.29 is 14.3 Å². The third-order valence-corrected chi connectivity index (χ3v) is 3.67. The maximum absolute atomic E-state index is 11.7. The molecule has 1 heterocycles. The molecule has 0 spiro atoms. The van der Waals surface area contributed by atoms with E-state index in [4.69, 9.17) is 9.47 Å². The fourth-order valence-electron chi connectivity index (χ4n) is 2.25. The molecule has 0 radical (unpaired) electrons. The minimum atomic E-state index is -0.378. The summed E-state index contributed by atoms with van der Waals surface area (Å²) >= 11 is 0. The number of aromatic nitrogens is 2. The summed E-state index contributed by atoms with van der Waals surface area (Å²) in [6, 6.07) is 11.5. The topological polar surface area (TPSA) is 65.4 Å². The first-order chi connectivity index (χ1) is 11.6. The van der Waals surface area contributed by atoms with Gasteiger partial charge in [0.2, 0.25) is 5.88 Å². The first-order valence-electron chi connectivity index (χ1n) is 8.20. The molecule has 1 unspecified atom stereocenters. The van der Waals surface area contributed by atoms with E-state index in [1.54, 1.807) is 10.9 Å². The number of ether oxygens (including phenoxy) is 2. The molecule has 6 heteroatoms. The van der Waals surface area contributed by atoms with Gasteiger partial charge in [0.05, 0.1) is 12.8 Å². The molecule has 0 fully saturated rings. The zero-order chi connectivity index (χ0) is 17.2. The Bertz CT molecular complexity index is 613. The zero-order valence-electron chi connectivity index (χ0n) is 14.3. The monoisotopic (exact) mass is 331 g/mol. The van der Waals surface area contributed by atoms with E-state index in [0.29, 0.717) is 25.7 Å². The number of rotatable bonds is 9. The van der Waals surface area contributed by atoms with Crippen molar-refractivity contribution in [3.63, 3.8) is 0 Å². The molecular formula is C18H25N3O3. The van der Waals surface area contributed by atoms with E-state index < -0.39 is 0 Å². The lowest BCUT2D eigenvalue weighted by Crippen LogP contribution is -2.29. The van der Waals surface area contributed by atoms with Crippen LogP contribution in [0.15, 0.2) is 42.6 Å². The highest BCUT2D eigenvalue weighted by molar-refractivity contribution is 5.67. The Labute approximate surface area is 142 Å². The molecule has 0 aliphatic carbocycles. The van der Waals surface area contributed by atoms with Crippen LogP contribution in [0.4, 0.5) is 4.79 Å². The minimum absolute atomic E-state index is 0.291. The van der Waals surface area contributed by atoms with E-state index >= 15 is 0 Å². The van der Waals surface area contributed by atoms with Crippen LogP contribution >= 0.6 is 0 Å². The number of amides is 1. The largest absolute Gasteiger partial charge is 0.478 e. The summed E-state index contributed by atoms with van der Waals surface area (Å²) in [6.45, 7) is 3.63. The second kappa shape index (κ2) is 9.60. The fourth-order valence-corrected chi connectivity index (χ4v) is 2.25. The lowest BCUT2D eigenvalue weighted by molar-refractivity contribution is 0.138. The van der Waals surface area contributed by atoms with Crippen LogP contribution in [0.1, 0.15) is 25.3 Å². The molecule has 1 aromatic heterocycles. The first-order valence-corrected chi connectivity index (χ1v) is 8.20. The number of benzene rings is 1. The molecule has 0 bridgehead atoms. The van der Waals surface area contributed by atoms with Crippen molar-refractivity contribution >= 4 is 6.09 Å². The molecule has 0 saturated carbocycles. The Morgan fingerprint density at radius 3 is 2.79 bits per heavy atom. The number of hydrogen-bond donors (Lipinski definition) is 1. The van der Waals surface area contributed by atoms with E-state index in [1.807, 2.05) is 43.4 Å². The van der Waals surface area contributed by atoms with Crippen molar-refractivity contribution in [1.82, 2.24) is 15.1 Å². The van der Waals surface area contributed by atoms with Crippen LogP contribution in [-0.2, 0) is 18.4 Å². The highest BCUT2D eigenvalue weighted by atomic mass is 16.5. The summed E-state index contributed by atoms with van der Waals surface area (Å²) in [7, 11) is 1.85. The number of hydrogen-bond acceptors (Lipinski definition) is 4. The highest BCUT2D eigenvalue weighted by Gasteiger charge is 2.07. The molecule has 2 aromatic rings. The van der Waals surface area contributed by atoms with Gasteiger partial charge in [-0.3, -0.25) is 0 Å². The number of carbonyl (C=O) groups excluding carboxylic acids is 1. The van der Waals surface area contributed by atoms with Crippen LogP contribution in [0.25, 0.3) is 0 Å². The molecule has 24 heavy (non-hydrogen) atoms. The molecule has 1 atom stereocenters. The average Bonchev–Trinajstić information content (AvgIpc) is 3.01. The molecule has 1 amide bonds. The van der Waals surface area contributed by atoms with Crippen molar-refractivity contribution in [3.8, 4) is 5.88 Å². The van der Waals surface area contributed by atoms with E-state index in [9.17, 15) is 4.79 Å². The van der Waals surface area contributed by atoms with Crippen molar-refractivity contribution in [3.05, 3.63) is 48.2 Å². The van der Waals surface area contributed by atoms with Crippen LogP contribution in [0.3, 0.4) is 0 Å². The zero-order valence-corrected chi connectivity index (χ0v) is 14.3. The number of alkyl carbamates (subject to hydrolysis) is 1. The smallest absolute Gasteiger partial charge is 0.407 e. The summed E-state index contributed by atoms with van der Waals surface area (Å²) in [5.74, 6) is 1.13. The standard InChI is InChI=1S/C18H25N3O3/c1-15(7-6-12-23-17-10-11-20-21(17)2)13-19-18(22)24-14-16-8-4-3-5-9-16/h3-5,8-11,15H,6-7,12-14H2,1-2H3,(H,19,22). The fraction of sp³-hybridized carbons (Fsp3) is 0.444. The van der Waals surface area contributed by atoms with Crippen LogP contribution in [0, 0.1) is 5.92 Å². The van der Waals surface area contributed by atoms with Gasteiger partial charge in [-0.1, -0.05) is 37.3 Å². The Morgan fingerprint density at radius 1 is 1.29 bits per heavy atom. The Hall–Kier alpha value is -2.50. The van der Waals surface area contributed by atoms with Gasteiger partial charge in [0.15, 0.2) is 0 Å². The Kier molecular flexibility index (Phi) is 7.14. The molecule has 0 aliphatic rings. The van der Waals surface area contributed by atoms with Gasteiger partial charge >= 0.3 is 6.09 Å². The maximum atomic E-state index is 11.7. The second-order valence-electron chi connectivity index (χ2n) is 5.83. The molecular weight excluding hydrogens is 306 g/mol. The lowest BCUT2D eigenvalue weighted by Gasteiger charge is -2.13. The lowest BCUT2D eigenvalue weighted by atomic mass is 10.1. The summed E-state index contributed by atoms with van der Waals surface area (Å²) in [4.78, 5) is 11.7. The Morgan fingerprint density at radius 2 is 2.08 bits per heavy atom. The highest BCUT2D eigenvalue weighted by Crippen LogP contribution is 2.10. The SMILES string of the molecule is CC(CCCOc1ccnn1C)CNC(=O)OCc1ccccc1. The number of carbonyl (C=O) groups is 1. The Balaban J connectivity index is 1.53. The third-order valence-electron chi connectivity index (χ3n) is 3.67. The van der Waals surface area contributed by atoms with Crippen LogP contribution < -0.4 is 10.1 Å². The molecule has 0 aliphatic heterocycles. The second-order valence-corrected chi connectivity index (χ2v) is 5.83. The van der Waals surface area contributed by atoms with Gasteiger partial charge in [0, 0.05) is 19.7 Å². The molecule has 6 nitrogen and oxygen atoms in total. The van der Waals surface area contributed by atoms with Crippen LogP contribution in [0.5, 0.6) is 5.88 Å². The van der Waals surface area contributed by atoms with Gasteiger partial charge in [0.1, 0.15) is 6.61 Å². The molecule has 1 aromatic carbocycles. The third kappa shape index (κ3) is 6.32. The van der Waals surface area contributed by atoms with Gasteiger partial charge in [0.25, 0.3) is 0 Å². The summed E-state index contributed by atoms with van der Waals surface area (Å²) in [5, 5.41) is 6.85. The summed E-state index contributed by atoms with van der Waals surface area (Å²) in [5.41, 5.74) is 0.980. The molecule has 130 valence electrons. The summed E-state index contributed by atoms with van der Waals surface area (Å²) < 4.78 is 12.5. The number of nitrogens with one attached hydrogen (secondary N) is 1. The van der Waals surface area contributed by atoms with Crippen molar-refractivity contribution in [2.75, 3.05) is 13.2 Å². The van der Waals surface area contributed by atoms with Crippen molar-refractivity contribution in [2.24, 2.45) is 13.0 Å². The van der Waals surface area contributed by atoms with E-state index in [2.05, 4.69) is 17.3 Å². The van der Waals surface area contributed by atoms with E-state index in [0.717, 1.165) is 24.3 Å². The van der Waals surface area contributed by atoms with Crippen LogP contribution in [-0.4, -0.2) is 29.0 Å². The van der Waals surface area contributed by atoms with Gasteiger partial charge in [-0.2, -0.15) is 5.10 Å². The predicted molar refractivity (Wildman–Crippen MR) is 91.7 cm³/mol. The van der Waals surface area contributed by atoms with Crippen LogP contribution in [0.2, 0.25) is 0 Å². The predicted octanol–water partition coefficient (Wildman–Crippen LogP) is 3.14. The van der Waals surface area contributed by atoms with Gasteiger partial charge in [-0.25, -0.2) is 9.48 Å². The van der Waals surface area contributed by atoms with Crippen molar-refractivity contribution in [1.29, 1.82) is 0 Å². The summed E-state index contributed by atoms with van der Waals surface area (Å²) in [6.07, 6.45) is 3.23. The van der Waals surface area contributed by atoms with E-state index in [1.165, 1.54) is 0 Å². The molecule has 0 saturated heterocycles. The van der Waals surface area contributed by atoms with Gasteiger partial charge in [-0.05, 0) is 24.3 Å².